The van der Waals surface area contributed by atoms with Crippen molar-refractivity contribution in [1.29, 1.82) is 0 Å². The van der Waals surface area contributed by atoms with Gasteiger partial charge in [-0.05, 0) is 24.7 Å². The zero-order chi connectivity index (χ0) is 12.5. The average molecular weight is 266 g/mol. The third-order valence-corrected chi connectivity index (χ3v) is 4.95. The van der Waals surface area contributed by atoms with Crippen molar-refractivity contribution in [2.45, 2.75) is 25.8 Å². The Bertz CT molecular complexity index is 435. The standard InChI is InChI=1S/C12H18N4OS/c13-15-11(17)12-14-10(7-18-12)6-16-4-8-2-1-3-9(8)5-16/h7-9H,1-6,13H2,(H,15,17). The summed E-state index contributed by atoms with van der Waals surface area (Å²) in [5, 5.41) is 2.41. The van der Waals surface area contributed by atoms with E-state index in [1.807, 2.05) is 5.38 Å². The molecule has 3 N–H and O–H groups in total. The van der Waals surface area contributed by atoms with Gasteiger partial charge in [0.05, 0.1) is 5.69 Å². The first-order valence-electron chi connectivity index (χ1n) is 6.44. The van der Waals surface area contributed by atoms with Crippen molar-refractivity contribution < 1.29 is 4.79 Å². The summed E-state index contributed by atoms with van der Waals surface area (Å²) in [4.78, 5) is 18.1. The van der Waals surface area contributed by atoms with Crippen molar-refractivity contribution >= 4 is 17.2 Å². The zero-order valence-corrected chi connectivity index (χ0v) is 11.1. The number of nitrogens with two attached hydrogens (primary N) is 1. The van der Waals surface area contributed by atoms with Gasteiger partial charge in [0, 0.05) is 25.0 Å². The molecule has 5 nitrogen and oxygen atoms in total. The zero-order valence-electron chi connectivity index (χ0n) is 10.3. The van der Waals surface area contributed by atoms with Gasteiger partial charge in [-0.25, -0.2) is 10.8 Å². The number of nitrogens with one attached hydrogen (secondary N) is 1. The van der Waals surface area contributed by atoms with E-state index in [1.54, 1.807) is 0 Å². The van der Waals surface area contributed by atoms with Crippen LogP contribution in [0.2, 0.25) is 0 Å². The van der Waals surface area contributed by atoms with E-state index in [-0.39, 0.29) is 5.91 Å². The summed E-state index contributed by atoms with van der Waals surface area (Å²) in [5.74, 6) is 6.59. The largest absolute Gasteiger partial charge is 0.297 e. The molecule has 2 heterocycles. The minimum absolute atomic E-state index is 0.301. The maximum Gasteiger partial charge on any atom is 0.294 e. The summed E-state index contributed by atoms with van der Waals surface area (Å²) in [7, 11) is 0. The van der Waals surface area contributed by atoms with Crippen LogP contribution in [0.3, 0.4) is 0 Å². The Labute approximate surface area is 110 Å². The normalized spacial score (nSPS) is 27.4. The fraction of sp³-hybridized carbons (Fsp3) is 0.667. The fourth-order valence-electron chi connectivity index (χ4n) is 3.24. The van der Waals surface area contributed by atoms with Gasteiger partial charge < -0.3 is 0 Å². The second-order valence-corrected chi connectivity index (χ2v) is 6.12. The molecule has 1 aliphatic heterocycles. The van der Waals surface area contributed by atoms with Crippen LogP contribution < -0.4 is 11.3 Å². The van der Waals surface area contributed by atoms with Crippen LogP contribution in [0.25, 0.3) is 0 Å². The van der Waals surface area contributed by atoms with E-state index in [4.69, 9.17) is 5.84 Å². The quantitative estimate of drug-likeness (QED) is 0.486. The van der Waals surface area contributed by atoms with Crippen molar-refractivity contribution in [3.63, 3.8) is 0 Å². The second-order valence-electron chi connectivity index (χ2n) is 5.26. The maximum absolute atomic E-state index is 11.3. The van der Waals surface area contributed by atoms with E-state index in [2.05, 4.69) is 15.3 Å². The Morgan fingerprint density at radius 2 is 2.22 bits per heavy atom. The molecule has 1 amide bonds. The van der Waals surface area contributed by atoms with Gasteiger partial charge >= 0.3 is 0 Å². The number of hydrazine groups is 1. The van der Waals surface area contributed by atoms with E-state index >= 15 is 0 Å². The highest BCUT2D eigenvalue weighted by molar-refractivity contribution is 7.11. The molecule has 0 bridgehead atoms. The maximum atomic E-state index is 11.3. The van der Waals surface area contributed by atoms with Crippen molar-refractivity contribution in [2.75, 3.05) is 13.1 Å². The molecule has 6 heteroatoms. The summed E-state index contributed by atoms with van der Waals surface area (Å²) < 4.78 is 0. The van der Waals surface area contributed by atoms with Gasteiger partial charge in [0.2, 0.25) is 0 Å². The van der Waals surface area contributed by atoms with E-state index in [1.165, 1.54) is 43.7 Å². The molecule has 2 atom stereocenters. The molecule has 2 unspecified atom stereocenters. The summed E-state index contributed by atoms with van der Waals surface area (Å²) in [6, 6.07) is 0. The predicted octanol–water partition coefficient (Wildman–Crippen LogP) is 0.978. The number of aromatic nitrogens is 1. The van der Waals surface area contributed by atoms with Gasteiger partial charge in [-0.3, -0.25) is 15.1 Å². The van der Waals surface area contributed by atoms with Gasteiger partial charge in [0.25, 0.3) is 5.91 Å². The number of likely N-dealkylation sites (tertiary alicyclic amines) is 1. The molecule has 0 radical (unpaired) electrons. The Hall–Kier alpha value is -0.980. The summed E-state index contributed by atoms with van der Waals surface area (Å²) >= 11 is 1.36. The topological polar surface area (TPSA) is 71.2 Å². The third kappa shape index (κ3) is 2.28. The van der Waals surface area contributed by atoms with Crippen molar-refractivity contribution in [3.8, 4) is 0 Å². The minimum Gasteiger partial charge on any atom is -0.297 e. The van der Waals surface area contributed by atoms with E-state index in [9.17, 15) is 4.79 Å². The lowest BCUT2D eigenvalue weighted by molar-refractivity contribution is 0.0953. The van der Waals surface area contributed by atoms with Crippen LogP contribution in [0, 0.1) is 11.8 Å². The molecule has 1 aromatic heterocycles. The summed E-state index contributed by atoms with van der Waals surface area (Å²) in [5.41, 5.74) is 3.10. The minimum atomic E-state index is -0.301. The molecule has 0 spiro atoms. The molecular weight excluding hydrogens is 248 g/mol. The van der Waals surface area contributed by atoms with E-state index in [0.717, 1.165) is 24.1 Å². The molecule has 1 saturated carbocycles. The van der Waals surface area contributed by atoms with Crippen LogP contribution in [0.5, 0.6) is 0 Å². The smallest absolute Gasteiger partial charge is 0.294 e. The number of carbonyl (C=O) groups is 1. The average Bonchev–Trinajstić information content (AvgIpc) is 3.03. The third-order valence-electron chi connectivity index (χ3n) is 4.06. The molecule has 0 aromatic carbocycles. The monoisotopic (exact) mass is 266 g/mol. The highest BCUT2D eigenvalue weighted by atomic mass is 32.1. The van der Waals surface area contributed by atoms with Gasteiger partial charge in [-0.2, -0.15) is 0 Å². The van der Waals surface area contributed by atoms with E-state index in [0.29, 0.717) is 5.01 Å². The van der Waals surface area contributed by atoms with Crippen LogP contribution in [0.1, 0.15) is 34.8 Å². The van der Waals surface area contributed by atoms with Crippen LogP contribution in [0.15, 0.2) is 5.38 Å². The first-order chi connectivity index (χ1) is 8.76. The van der Waals surface area contributed by atoms with Crippen LogP contribution in [-0.2, 0) is 6.54 Å². The lowest BCUT2D eigenvalue weighted by Gasteiger charge is -2.14. The molecule has 98 valence electrons. The van der Waals surface area contributed by atoms with Crippen LogP contribution in [0.4, 0.5) is 0 Å². The first-order valence-corrected chi connectivity index (χ1v) is 7.32. The first kappa shape index (κ1) is 12.1. The molecule has 1 aromatic rings. The van der Waals surface area contributed by atoms with Crippen molar-refractivity contribution in [3.05, 3.63) is 16.1 Å². The van der Waals surface area contributed by atoms with Gasteiger partial charge in [0.1, 0.15) is 0 Å². The Morgan fingerprint density at radius 1 is 1.50 bits per heavy atom. The number of thiazole rings is 1. The number of nitrogens with zero attached hydrogens (tertiary/aromatic N) is 2. The number of hydrogen-bond donors (Lipinski definition) is 2. The van der Waals surface area contributed by atoms with Crippen LogP contribution >= 0.6 is 11.3 Å². The molecular formula is C12H18N4OS. The predicted molar refractivity (Wildman–Crippen MR) is 69.9 cm³/mol. The summed E-state index contributed by atoms with van der Waals surface area (Å²) in [6.07, 6.45) is 4.18. The Morgan fingerprint density at radius 3 is 2.89 bits per heavy atom. The SMILES string of the molecule is NNC(=O)c1nc(CN2CC3CCCC3C2)cs1. The van der Waals surface area contributed by atoms with Gasteiger partial charge in [-0.1, -0.05) is 6.42 Å². The molecule has 3 rings (SSSR count). The second kappa shape index (κ2) is 4.95. The number of carbonyl (C=O) groups excluding carboxylic acids is 1. The highest BCUT2D eigenvalue weighted by Gasteiger charge is 2.35. The van der Waals surface area contributed by atoms with Crippen LogP contribution in [-0.4, -0.2) is 28.9 Å². The molecule has 1 saturated heterocycles. The Kier molecular flexibility index (Phi) is 3.32. The van der Waals surface area contributed by atoms with Crippen molar-refractivity contribution in [2.24, 2.45) is 17.7 Å². The molecule has 1 aliphatic carbocycles. The van der Waals surface area contributed by atoms with E-state index < -0.39 is 0 Å². The van der Waals surface area contributed by atoms with Crippen molar-refractivity contribution in [1.82, 2.24) is 15.3 Å². The number of nitrogen functional groups attached to an aromatic ring is 1. The number of fused-ring (bicyclic) bond motifs is 1. The number of amides is 1. The molecule has 18 heavy (non-hydrogen) atoms. The lowest BCUT2D eigenvalue weighted by atomic mass is 10.0. The number of rotatable bonds is 3. The summed E-state index contributed by atoms with van der Waals surface area (Å²) in [6.45, 7) is 3.25. The molecule has 2 fully saturated rings. The fourth-order valence-corrected chi connectivity index (χ4v) is 3.95. The van der Waals surface area contributed by atoms with Gasteiger partial charge in [-0.15, -0.1) is 11.3 Å². The Balaban J connectivity index is 1.60. The van der Waals surface area contributed by atoms with Gasteiger partial charge in [0.15, 0.2) is 5.01 Å². The highest BCUT2D eigenvalue weighted by Crippen LogP contribution is 2.38. The lowest BCUT2D eigenvalue weighted by Crippen LogP contribution is -2.30. The molecule has 2 aliphatic rings. The number of hydrogen-bond acceptors (Lipinski definition) is 5.